The van der Waals surface area contributed by atoms with Crippen molar-refractivity contribution >= 4 is 23.5 Å². The van der Waals surface area contributed by atoms with Crippen molar-refractivity contribution in [2.45, 2.75) is 32.4 Å². The maximum absolute atomic E-state index is 14.1. The van der Waals surface area contributed by atoms with Crippen molar-refractivity contribution in [1.82, 2.24) is 15.6 Å². The molecule has 3 rings (SSSR count). The molecule has 2 aromatic carbocycles. The van der Waals surface area contributed by atoms with Crippen LogP contribution < -0.4 is 5.43 Å². The zero-order valence-corrected chi connectivity index (χ0v) is 18.6. The summed E-state index contributed by atoms with van der Waals surface area (Å²) in [5.74, 6) is -2.49. The van der Waals surface area contributed by atoms with Crippen LogP contribution in [0.15, 0.2) is 53.1 Å². The van der Waals surface area contributed by atoms with Crippen molar-refractivity contribution in [2.75, 3.05) is 6.54 Å². The lowest BCUT2D eigenvalue weighted by Crippen LogP contribution is -2.47. The maximum atomic E-state index is 14.1. The number of benzene rings is 2. The topological polar surface area (TPSA) is 116 Å². The number of aliphatic hydroxyl groups is 1. The number of aromatic nitrogens is 1. The number of carbonyl (C=O) groups is 2. The first-order valence-corrected chi connectivity index (χ1v) is 10.6. The van der Waals surface area contributed by atoms with Crippen LogP contribution in [0.4, 0.5) is 4.39 Å². The van der Waals surface area contributed by atoms with Gasteiger partial charge in [0, 0.05) is 23.2 Å². The molecule has 3 aromatic rings. The first-order valence-electron chi connectivity index (χ1n) is 10.2. The quantitative estimate of drug-likeness (QED) is 0.383. The number of halogens is 2. The Morgan fingerprint density at radius 3 is 2.61 bits per heavy atom. The molecule has 33 heavy (non-hydrogen) atoms. The van der Waals surface area contributed by atoms with Crippen LogP contribution in [-0.2, 0) is 17.8 Å². The van der Waals surface area contributed by atoms with Gasteiger partial charge in [-0.2, -0.15) is 0 Å². The molecule has 0 fully saturated rings. The largest absolute Gasteiger partial charge is 0.479 e. The fourth-order valence-corrected chi connectivity index (χ4v) is 3.33. The number of hydrogen-bond donors (Lipinski definition) is 3. The number of aliphatic carboxylic acids is 1. The Labute approximate surface area is 194 Å². The third kappa shape index (κ3) is 6.61. The molecule has 10 heteroatoms. The van der Waals surface area contributed by atoms with Crippen molar-refractivity contribution in [3.8, 4) is 11.1 Å². The third-order valence-corrected chi connectivity index (χ3v) is 5.03. The number of amides is 1. The van der Waals surface area contributed by atoms with Crippen LogP contribution in [0.3, 0.4) is 0 Å². The van der Waals surface area contributed by atoms with Gasteiger partial charge in [0.05, 0.1) is 12.2 Å². The number of aryl methyl sites for hydroxylation is 1. The fraction of sp³-hybridized carbons (Fsp3) is 0.261. The Morgan fingerprint density at radius 2 is 1.94 bits per heavy atom. The van der Waals surface area contributed by atoms with Crippen LogP contribution in [-0.4, -0.2) is 44.9 Å². The Kier molecular flexibility index (Phi) is 8.16. The zero-order chi connectivity index (χ0) is 24.0. The molecule has 0 aliphatic carbocycles. The van der Waals surface area contributed by atoms with Crippen LogP contribution in [0.2, 0.25) is 5.02 Å². The Hall–Kier alpha value is -3.27. The minimum atomic E-state index is -1.73. The molecular formula is C23H23ClFN3O5. The summed E-state index contributed by atoms with van der Waals surface area (Å²) in [4.78, 5) is 23.7. The lowest BCUT2D eigenvalue weighted by atomic mass is 10.0. The minimum Gasteiger partial charge on any atom is -0.479 e. The van der Waals surface area contributed by atoms with E-state index in [9.17, 15) is 19.1 Å². The van der Waals surface area contributed by atoms with Crippen molar-refractivity contribution in [3.05, 3.63) is 76.4 Å². The van der Waals surface area contributed by atoms with Gasteiger partial charge in [-0.3, -0.25) is 10.2 Å². The van der Waals surface area contributed by atoms with Crippen LogP contribution in [0, 0.1) is 5.82 Å². The van der Waals surface area contributed by atoms with Gasteiger partial charge < -0.3 is 14.7 Å². The van der Waals surface area contributed by atoms with Crippen LogP contribution >= 0.6 is 11.6 Å². The van der Waals surface area contributed by atoms with E-state index in [1.807, 2.05) is 6.92 Å². The lowest BCUT2D eigenvalue weighted by Gasteiger charge is -2.24. The number of nitrogens with one attached hydrogen (secondary N) is 1. The van der Waals surface area contributed by atoms with E-state index in [4.69, 9.17) is 21.2 Å². The maximum Gasteiger partial charge on any atom is 0.333 e. The first kappa shape index (κ1) is 24.4. The molecule has 0 radical (unpaired) electrons. The second kappa shape index (κ2) is 11.0. The summed E-state index contributed by atoms with van der Waals surface area (Å²) in [6.07, 6.45) is -0.243. The van der Waals surface area contributed by atoms with E-state index in [1.165, 1.54) is 29.3 Å². The summed E-state index contributed by atoms with van der Waals surface area (Å²) in [7, 11) is 0. The second-order valence-corrected chi connectivity index (χ2v) is 7.87. The molecule has 1 heterocycles. The van der Waals surface area contributed by atoms with Gasteiger partial charge in [-0.1, -0.05) is 54.4 Å². The number of hydrazine groups is 1. The Bertz CT molecular complexity index is 1120. The van der Waals surface area contributed by atoms with Gasteiger partial charge in [0.25, 0.3) is 0 Å². The highest BCUT2D eigenvalue weighted by molar-refractivity contribution is 6.30. The fourth-order valence-electron chi connectivity index (χ4n) is 3.16. The van der Waals surface area contributed by atoms with Crippen molar-refractivity contribution in [2.24, 2.45) is 0 Å². The average Bonchev–Trinajstić information content (AvgIpc) is 3.25. The molecular weight excluding hydrogens is 453 g/mol. The molecule has 0 aliphatic rings. The lowest BCUT2D eigenvalue weighted by molar-refractivity contribution is -0.148. The molecule has 174 valence electrons. The molecule has 1 unspecified atom stereocenters. The molecule has 1 atom stereocenters. The van der Waals surface area contributed by atoms with Gasteiger partial charge in [0.1, 0.15) is 5.82 Å². The van der Waals surface area contributed by atoms with Gasteiger partial charge in [-0.05, 0) is 35.7 Å². The molecule has 0 saturated heterocycles. The summed E-state index contributed by atoms with van der Waals surface area (Å²) < 4.78 is 19.2. The van der Waals surface area contributed by atoms with Gasteiger partial charge >= 0.3 is 11.9 Å². The van der Waals surface area contributed by atoms with E-state index in [0.717, 1.165) is 6.42 Å². The van der Waals surface area contributed by atoms with Crippen LogP contribution in [0.1, 0.15) is 35.2 Å². The average molecular weight is 476 g/mol. The van der Waals surface area contributed by atoms with E-state index in [0.29, 0.717) is 33.8 Å². The molecule has 1 amide bonds. The second-order valence-electron chi connectivity index (χ2n) is 7.43. The highest BCUT2D eigenvalue weighted by atomic mass is 35.5. The summed E-state index contributed by atoms with van der Waals surface area (Å²) in [6, 6.07) is 12.6. The highest BCUT2D eigenvalue weighted by Crippen LogP contribution is 2.26. The first-order chi connectivity index (χ1) is 15.8. The number of hydrogen-bond acceptors (Lipinski definition) is 6. The Morgan fingerprint density at radius 1 is 1.21 bits per heavy atom. The van der Waals surface area contributed by atoms with E-state index < -0.39 is 23.8 Å². The monoisotopic (exact) mass is 475 g/mol. The summed E-state index contributed by atoms with van der Waals surface area (Å²) in [5, 5.41) is 24.3. The van der Waals surface area contributed by atoms with Gasteiger partial charge in [0.2, 0.25) is 5.76 Å². The number of rotatable bonds is 10. The van der Waals surface area contributed by atoms with E-state index in [2.05, 4.69) is 10.6 Å². The predicted molar refractivity (Wildman–Crippen MR) is 119 cm³/mol. The number of aliphatic hydroxyl groups excluding tert-OH is 1. The summed E-state index contributed by atoms with van der Waals surface area (Å²) in [6.45, 7) is 1.67. The zero-order valence-electron chi connectivity index (χ0n) is 17.8. The smallest absolute Gasteiger partial charge is 0.333 e. The van der Waals surface area contributed by atoms with Crippen LogP contribution in [0.25, 0.3) is 11.1 Å². The summed E-state index contributed by atoms with van der Waals surface area (Å²) in [5.41, 5.74) is 4.80. The van der Waals surface area contributed by atoms with E-state index in [1.54, 1.807) is 24.3 Å². The molecule has 8 nitrogen and oxygen atoms in total. The van der Waals surface area contributed by atoms with Crippen molar-refractivity contribution in [1.29, 1.82) is 0 Å². The van der Waals surface area contributed by atoms with Crippen molar-refractivity contribution < 1.29 is 28.7 Å². The molecule has 0 aliphatic heterocycles. The van der Waals surface area contributed by atoms with E-state index >= 15 is 0 Å². The normalized spacial score (nSPS) is 12.0. The predicted octanol–water partition coefficient (Wildman–Crippen LogP) is 3.68. The molecule has 0 spiro atoms. The van der Waals surface area contributed by atoms with Gasteiger partial charge in [-0.25, -0.2) is 14.2 Å². The third-order valence-electron chi connectivity index (χ3n) is 4.79. The minimum absolute atomic E-state index is 0.0277. The standard InChI is InChI=1S/C23H23ClFN3O5/c1-2-3-17-11-21(33-27-17)22(30)26-28(13-20(29)23(31)32)12-14-4-6-15(7-5-14)18-10-16(24)8-9-19(18)25/h4-11,20,29H,2-3,12-13H2,1H3,(H,26,30)(H,31,32). The number of carbonyl (C=O) groups excluding carboxylic acids is 1. The van der Waals surface area contributed by atoms with Crippen molar-refractivity contribution in [3.63, 3.8) is 0 Å². The molecule has 0 bridgehead atoms. The highest BCUT2D eigenvalue weighted by Gasteiger charge is 2.22. The molecule has 0 saturated carbocycles. The van der Waals surface area contributed by atoms with Crippen LogP contribution in [0.5, 0.6) is 0 Å². The number of carboxylic acids is 1. The SMILES string of the molecule is CCCc1cc(C(=O)NN(Cc2ccc(-c3cc(Cl)ccc3F)cc2)CC(O)C(=O)O)on1. The van der Waals surface area contributed by atoms with E-state index in [-0.39, 0.29) is 18.8 Å². The molecule has 3 N–H and O–H groups in total. The van der Waals surface area contributed by atoms with Gasteiger partial charge in [0.15, 0.2) is 6.10 Å². The Balaban J connectivity index is 1.75. The summed E-state index contributed by atoms with van der Waals surface area (Å²) >= 11 is 5.96. The number of nitrogens with zero attached hydrogens (tertiary/aromatic N) is 2. The number of carboxylic acid groups (broad SMARTS) is 1. The van der Waals surface area contributed by atoms with Gasteiger partial charge in [-0.15, -0.1) is 0 Å². The molecule has 1 aromatic heterocycles.